The van der Waals surface area contributed by atoms with E-state index in [0.29, 0.717) is 5.39 Å². The molecule has 1 aromatic carbocycles. The van der Waals surface area contributed by atoms with E-state index in [1.54, 1.807) is 0 Å². The average Bonchev–Trinajstić information content (AvgIpc) is 2.47. The lowest BCUT2D eigenvalue weighted by atomic mass is 10.2. The fourth-order valence-corrected chi connectivity index (χ4v) is 1.18. The molecule has 2 aromatic rings. The molecule has 0 saturated heterocycles. The van der Waals surface area contributed by atoms with Gasteiger partial charge >= 0.3 is 0 Å². The molecule has 0 atom stereocenters. The molecule has 1 aromatic heterocycles. The SMILES string of the molecule is COc1n[nH]c2c(F)cc(F)cc12. The number of ether oxygens (including phenoxy) is 1. The molecular weight excluding hydrogens is 178 g/mol. The van der Waals surface area contributed by atoms with Crippen LogP contribution in [0.1, 0.15) is 0 Å². The summed E-state index contributed by atoms with van der Waals surface area (Å²) in [4.78, 5) is 0. The second-order valence-corrected chi connectivity index (χ2v) is 2.54. The molecule has 0 amide bonds. The van der Waals surface area contributed by atoms with Crippen LogP contribution in [0.2, 0.25) is 0 Å². The van der Waals surface area contributed by atoms with Crippen molar-refractivity contribution < 1.29 is 13.5 Å². The predicted molar refractivity (Wildman–Crippen MR) is 42.6 cm³/mol. The Labute approximate surface area is 72.3 Å². The topological polar surface area (TPSA) is 37.9 Å². The molecule has 0 aliphatic heterocycles. The lowest BCUT2D eigenvalue weighted by Crippen LogP contribution is -1.84. The van der Waals surface area contributed by atoms with Crippen LogP contribution in [0.15, 0.2) is 12.1 Å². The van der Waals surface area contributed by atoms with Crippen LogP contribution in [-0.2, 0) is 0 Å². The van der Waals surface area contributed by atoms with Crippen LogP contribution in [0.4, 0.5) is 8.78 Å². The summed E-state index contributed by atoms with van der Waals surface area (Å²) in [6.45, 7) is 0. The molecule has 13 heavy (non-hydrogen) atoms. The van der Waals surface area contributed by atoms with Crippen LogP contribution in [-0.4, -0.2) is 17.3 Å². The Bertz CT molecular complexity index is 453. The van der Waals surface area contributed by atoms with E-state index in [4.69, 9.17) is 4.74 Å². The standard InChI is InChI=1S/C8H6F2N2O/c1-13-8-5-2-4(9)3-6(10)7(5)11-12-8/h2-3H,1H3,(H,11,12). The predicted octanol–water partition coefficient (Wildman–Crippen LogP) is 1.85. The van der Waals surface area contributed by atoms with Gasteiger partial charge in [0.1, 0.15) is 11.3 Å². The van der Waals surface area contributed by atoms with Crippen LogP contribution in [0, 0.1) is 11.6 Å². The van der Waals surface area contributed by atoms with E-state index in [1.165, 1.54) is 13.2 Å². The Morgan fingerprint density at radius 1 is 1.38 bits per heavy atom. The molecule has 0 aliphatic rings. The van der Waals surface area contributed by atoms with E-state index in [-0.39, 0.29) is 11.4 Å². The molecule has 0 aliphatic carbocycles. The molecule has 1 heterocycles. The maximum absolute atomic E-state index is 13.0. The molecule has 68 valence electrons. The van der Waals surface area contributed by atoms with Crippen LogP contribution in [0.25, 0.3) is 10.9 Å². The second kappa shape index (κ2) is 2.69. The Hall–Kier alpha value is -1.65. The quantitative estimate of drug-likeness (QED) is 0.734. The Balaban J connectivity index is 2.82. The molecule has 5 heteroatoms. The van der Waals surface area contributed by atoms with Crippen molar-refractivity contribution in [3.8, 4) is 5.88 Å². The zero-order valence-electron chi connectivity index (χ0n) is 6.77. The number of H-pyrrole nitrogens is 1. The molecule has 0 unspecified atom stereocenters. The number of nitrogens with zero attached hydrogens (tertiary/aromatic N) is 1. The summed E-state index contributed by atoms with van der Waals surface area (Å²) in [5, 5.41) is 6.39. The van der Waals surface area contributed by atoms with E-state index < -0.39 is 11.6 Å². The normalized spacial score (nSPS) is 10.7. The van der Waals surface area contributed by atoms with Crippen molar-refractivity contribution in [1.82, 2.24) is 10.2 Å². The van der Waals surface area contributed by atoms with Gasteiger partial charge in [0.15, 0.2) is 5.82 Å². The van der Waals surface area contributed by atoms with Gasteiger partial charge in [-0.2, -0.15) is 0 Å². The third-order valence-corrected chi connectivity index (χ3v) is 1.75. The monoisotopic (exact) mass is 184 g/mol. The first-order valence-corrected chi connectivity index (χ1v) is 3.59. The zero-order chi connectivity index (χ0) is 9.42. The molecule has 0 bridgehead atoms. The number of aromatic nitrogens is 2. The van der Waals surface area contributed by atoms with Gasteiger partial charge in [-0.15, -0.1) is 5.10 Å². The summed E-state index contributed by atoms with van der Waals surface area (Å²) in [7, 11) is 1.39. The van der Waals surface area contributed by atoms with Crippen molar-refractivity contribution in [2.24, 2.45) is 0 Å². The highest BCUT2D eigenvalue weighted by atomic mass is 19.1. The van der Waals surface area contributed by atoms with Gasteiger partial charge in [-0.3, -0.25) is 5.10 Å². The van der Waals surface area contributed by atoms with Gasteiger partial charge in [0, 0.05) is 6.07 Å². The van der Waals surface area contributed by atoms with Crippen molar-refractivity contribution in [2.75, 3.05) is 7.11 Å². The maximum atomic E-state index is 13.0. The van der Waals surface area contributed by atoms with Gasteiger partial charge in [-0.05, 0) is 6.07 Å². The lowest BCUT2D eigenvalue weighted by Gasteiger charge is -1.94. The first-order valence-electron chi connectivity index (χ1n) is 3.59. The third kappa shape index (κ3) is 1.12. The number of halogens is 2. The van der Waals surface area contributed by atoms with Crippen molar-refractivity contribution >= 4 is 10.9 Å². The van der Waals surface area contributed by atoms with Gasteiger partial charge < -0.3 is 4.74 Å². The highest BCUT2D eigenvalue weighted by molar-refractivity contribution is 5.84. The molecule has 2 rings (SSSR count). The number of nitrogens with one attached hydrogen (secondary N) is 1. The highest BCUT2D eigenvalue weighted by Crippen LogP contribution is 2.25. The number of hydrogen-bond acceptors (Lipinski definition) is 2. The highest BCUT2D eigenvalue weighted by Gasteiger charge is 2.11. The summed E-state index contributed by atoms with van der Waals surface area (Å²) in [6.07, 6.45) is 0. The van der Waals surface area contributed by atoms with Gasteiger partial charge in [-0.1, -0.05) is 0 Å². The minimum atomic E-state index is -0.675. The summed E-state index contributed by atoms with van der Waals surface area (Å²) in [5.41, 5.74) is 0.151. The molecule has 0 saturated carbocycles. The van der Waals surface area contributed by atoms with Crippen LogP contribution < -0.4 is 4.74 Å². The molecule has 0 spiro atoms. The average molecular weight is 184 g/mol. The molecule has 0 fully saturated rings. The van der Waals surface area contributed by atoms with Crippen molar-refractivity contribution in [3.05, 3.63) is 23.8 Å². The summed E-state index contributed by atoms with van der Waals surface area (Å²) in [6, 6.07) is 1.96. The number of hydrogen-bond donors (Lipinski definition) is 1. The minimum absolute atomic E-state index is 0.151. The zero-order valence-corrected chi connectivity index (χ0v) is 6.77. The summed E-state index contributed by atoms with van der Waals surface area (Å²) < 4.78 is 30.6. The second-order valence-electron chi connectivity index (χ2n) is 2.54. The van der Waals surface area contributed by atoms with Crippen molar-refractivity contribution in [2.45, 2.75) is 0 Å². The summed E-state index contributed by atoms with van der Waals surface area (Å²) >= 11 is 0. The van der Waals surface area contributed by atoms with Crippen LogP contribution in [0.5, 0.6) is 5.88 Å². The Morgan fingerprint density at radius 2 is 2.15 bits per heavy atom. The minimum Gasteiger partial charge on any atom is -0.479 e. The van der Waals surface area contributed by atoms with Gasteiger partial charge in [-0.25, -0.2) is 8.78 Å². The lowest BCUT2D eigenvalue weighted by molar-refractivity contribution is 0.401. The number of benzene rings is 1. The van der Waals surface area contributed by atoms with Gasteiger partial charge in [0.05, 0.1) is 12.5 Å². The Morgan fingerprint density at radius 3 is 2.85 bits per heavy atom. The number of methoxy groups -OCH3 is 1. The first kappa shape index (κ1) is 7.97. The van der Waals surface area contributed by atoms with Gasteiger partial charge in [0.2, 0.25) is 5.88 Å². The van der Waals surface area contributed by atoms with E-state index in [0.717, 1.165) is 6.07 Å². The number of fused-ring (bicyclic) bond motifs is 1. The molecule has 0 radical (unpaired) electrons. The van der Waals surface area contributed by atoms with Gasteiger partial charge in [0.25, 0.3) is 0 Å². The van der Waals surface area contributed by atoms with E-state index in [1.807, 2.05) is 0 Å². The molecule has 3 nitrogen and oxygen atoms in total. The smallest absolute Gasteiger partial charge is 0.240 e. The van der Waals surface area contributed by atoms with Crippen molar-refractivity contribution in [3.63, 3.8) is 0 Å². The first-order chi connectivity index (χ1) is 6.22. The van der Waals surface area contributed by atoms with Crippen LogP contribution >= 0.6 is 0 Å². The van der Waals surface area contributed by atoms with E-state index in [9.17, 15) is 8.78 Å². The third-order valence-electron chi connectivity index (χ3n) is 1.75. The molecule has 1 N–H and O–H groups in total. The van der Waals surface area contributed by atoms with Crippen LogP contribution in [0.3, 0.4) is 0 Å². The van der Waals surface area contributed by atoms with E-state index >= 15 is 0 Å². The maximum Gasteiger partial charge on any atom is 0.240 e. The Kier molecular flexibility index (Phi) is 1.65. The summed E-state index contributed by atoms with van der Waals surface area (Å²) in [5.74, 6) is -1.14. The van der Waals surface area contributed by atoms with Crippen molar-refractivity contribution in [1.29, 1.82) is 0 Å². The largest absolute Gasteiger partial charge is 0.479 e. The number of aromatic amines is 1. The van der Waals surface area contributed by atoms with E-state index in [2.05, 4.69) is 10.2 Å². The fraction of sp³-hybridized carbons (Fsp3) is 0.125. The molecular formula is C8H6F2N2O. The fourth-order valence-electron chi connectivity index (χ4n) is 1.18. The number of rotatable bonds is 1.